The summed E-state index contributed by atoms with van der Waals surface area (Å²) in [6.45, 7) is 0.711. The molecule has 0 amide bonds. The zero-order valence-electron chi connectivity index (χ0n) is 8.87. The van der Waals surface area contributed by atoms with Gasteiger partial charge in [-0.25, -0.2) is 0 Å². The molecule has 1 aromatic rings. The molecule has 0 fully saturated rings. The molecule has 0 unspecified atom stereocenters. The van der Waals surface area contributed by atoms with E-state index in [-0.39, 0.29) is 0 Å². The molecule has 0 aliphatic carbocycles. The standard InChI is InChI=1S/C12H16BrNO/c1-15-12-7-6-10(9-11(12)13)5-3-2-4-8-14/h2-3,6-7,9H,4-5,8,14H2,1H3. The van der Waals surface area contributed by atoms with Gasteiger partial charge >= 0.3 is 0 Å². The third-order valence-electron chi connectivity index (χ3n) is 2.07. The number of nitrogens with two attached hydrogens (primary N) is 1. The van der Waals surface area contributed by atoms with Crippen LogP contribution in [0.1, 0.15) is 12.0 Å². The first kappa shape index (κ1) is 12.3. The van der Waals surface area contributed by atoms with Crippen LogP contribution in [0.15, 0.2) is 34.8 Å². The molecule has 82 valence electrons. The zero-order chi connectivity index (χ0) is 11.1. The molecule has 0 saturated heterocycles. The van der Waals surface area contributed by atoms with Gasteiger partial charge in [-0.05, 0) is 53.0 Å². The minimum absolute atomic E-state index is 0.711. The molecule has 0 aliphatic rings. The number of hydrogen-bond acceptors (Lipinski definition) is 2. The quantitative estimate of drug-likeness (QED) is 0.835. The number of benzene rings is 1. The minimum atomic E-state index is 0.711. The highest BCUT2D eigenvalue weighted by atomic mass is 79.9. The van der Waals surface area contributed by atoms with Crippen LogP contribution in [0.25, 0.3) is 0 Å². The predicted molar refractivity (Wildman–Crippen MR) is 67.2 cm³/mol. The Morgan fingerprint density at radius 1 is 1.40 bits per heavy atom. The first-order chi connectivity index (χ1) is 7.27. The van der Waals surface area contributed by atoms with Crippen LogP contribution in [0.2, 0.25) is 0 Å². The van der Waals surface area contributed by atoms with E-state index in [9.17, 15) is 0 Å². The highest BCUT2D eigenvalue weighted by Crippen LogP contribution is 2.25. The van der Waals surface area contributed by atoms with Crippen LogP contribution in [0.3, 0.4) is 0 Å². The Balaban J connectivity index is 2.59. The lowest BCUT2D eigenvalue weighted by atomic mass is 10.1. The molecule has 0 aliphatic heterocycles. The third-order valence-corrected chi connectivity index (χ3v) is 2.69. The number of ether oxygens (including phenoxy) is 1. The van der Waals surface area contributed by atoms with Gasteiger partial charge in [-0.1, -0.05) is 18.2 Å². The van der Waals surface area contributed by atoms with E-state index in [2.05, 4.69) is 40.2 Å². The number of methoxy groups -OCH3 is 1. The van der Waals surface area contributed by atoms with Gasteiger partial charge in [0, 0.05) is 0 Å². The lowest BCUT2D eigenvalue weighted by Crippen LogP contribution is -1.95. The van der Waals surface area contributed by atoms with Gasteiger partial charge in [0.2, 0.25) is 0 Å². The zero-order valence-corrected chi connectivity index (χ0v) is 10.5. The van der Waals surface area contributed by atoms with Crippen molar-refractivity contribution in [1.82, 2.24) is 0 Å². The molecule has 0 heterocycles. The van der Waals surface area contributed by atoms with Gasteiger partial charge in [-0.15, -0.1) is 0 Å². The van der Waals surface area contributed by atoms with Gasteiger partial charge in [0.1, 0.15) is 5.75 Å². The van der Waals surface area contributed by atoms with E-state index in [1.807, 2.05) is 6.07 Å². The lowest BCUT2D eigenvalue weighted by Gasteiger charge is -2.04. The molecule has 0 saturated carbocycles. The van der Waals surface area contributed by atoms with Crippen molar-refractivity contribution < 1.29 is 4.74 Å². The maximum atomic E-state index is 5.39. The van der Waals surface area contributed by atoms with Crippen LogP contribution in [0.5, 0.6) is 5.75 Å². The summed E-state index contributed by atoms with van der Waals surface area (Å²) in [5.74, 6) is 0.865. The fraction of sp³-hybridized carbons (Fsp3) is 0.333. The number of allylic oxidation sites excluding steroid dienone is 1. The number of hydrogen-bond donors (Lipinski definition) is 1. The smallest absolute Gasteiger partial charge is 0.133 e. The second kappa shape index (κ2) is 6.64. The van der Waals surface area contributed by atoms with Crippen molar-refractivity contribution in [2.45, 2.75) is 12.8 Å². The Morgan fingerprint density at radius 3 is 2.80 bits per heavy atom. The lowest BCUT2D eigenvalue weighted by molar-refractivity contribution is 0.412. The molecule has 1 aromatic carbocycles. The summed E-state index contributed by atoms with van der Waals surface area (Å²) in [6.07, 6.45) is 6.12. The summed E-state index contributed by atoms with van der Waals surface area (Å²) >= 11 is 3.46. The van der Waals surface area contributed by atoms with E-state index in [4.69, 9.17) is 10.5 Å². The highest BCUT2D eigenvalue weighted by molar-refractivity contribution is 9.10. The van der Waals surface area contributed by atoms with Gasteiger partial charge in [0.25, 0.3) is 0 Å². The molecular formula is C12H16BrNO. The third kappa shape index (κ3) is 4.06. The van der Waals surface area contributed by atoms with E-state index >= 15 is 0 Å². The molecule has 0 bridgehead atoms. The summed E-state index contributed by atoms with van der Waals surface area (Å²) in [6, 6.07) is 6.11. The summed E-state index contributed by atoms with van der Waals surface area (Å²) in [5, 5.41) is 0. The van der Waals surface area contributed by atoms with Gasteiger partial charge < -0.3 is 10.5 Å². The topological polar surface area (TPSA) is 35.2 Å². The van der Waals surface area contributed by atoms with Crippen molar-refractivity contribution >= 4 is 15.9 Å². The van der Waals surface area contributed by atoms with E-state index in [1.54, 1.807) is 7.11 Å². The molecule has 2 N–H and O–H groups in total. The van der Waals surface area contributed by atoms with Crippen molar-refractivity contribution in [3.05, 3.63) is 40.4 Å². The first-order valence-electron chi connectivity index (χ1n) is 4.95. The van der Waals surface area contributed by atoms with Gasteiger partial charge in [-0.3, -0.25) is 0 Å². The molecule has 0 radical (unpaired) electrons. The second-order valence-electron chi connectivity index (χ2n) is 3.22. The van der Waals surface area contributed by atoms with Gasteiger partial charge in [0.15, 0.2) is 0 Å². The monoisotopic (exact) mass is 269 g/mol. The normalized spacial score (nSPS) is 10.9. The second-order valence-corrected chi connectivity index (χ2v) is 4.08. The van der Waals surface area contributed by atoms with Crippen LogP contribution in [0, 0.1) is 0 Å². The van der Waals surface area contributed by atoms with Gasteiger partial charge in [0.05, 0.1) is 11.6 Å². The Bertz CT molecular complexity index is 336. The van der Waals surface area contributed by atoms with Crippen molar-refractivity contribution in [2.75, 3.05) is 13.7 Å². The maximum absolute atomic E-state index is 5.39. The minimum Gasteiger partial charge on any atom is -0.496 e. The first-order valence-corrected chi connectivity index (χ1v) is 5.74. The molecule has 0 atom stereocenters. The summed E-state index contributed by atoms with van der Waals surface area (Å²) in [7, 11) is 1.67. The van der Waals surface area contributed by atoms with E-state index in [1.165, 1.54) is 5.56 Å². The van der Waals surface area contributed by atoms with Crippen LogP contribution in [-0.2, 0) is 6.42 Å². The fourth-order valence-corrected chi connectivity index (χ4v) is 1.86. The van der Waals surface area contributed by atoms with Crippen LogP contribution in [0.4, 0.5) is 0 Å². The SMILES string of the molecule is COc1ccc(CC=CCCN)cc1Br. The van der Waals surface area contributed by atoms with Crippen LogP contribution >= 0.6 is 15.9 Å². The predicted octanol–water partition coefficient (Wildman–Crippen LogP) is 2.91. The fourth-order valence-electron chi connectivity index (χ4n) is 1.27. The molecule has 0 spiro atoms. The summed E-state index contributed by atoms with van der Waals surface area (Å²) in [4.78, 5) is 0. The average molecular weight is 270 g/mol. The molecule has 1 rings (SSSR count). The van der Waals surface area contributed by atoms with E-state index in [0.717, 1.165) is 23.1 Å². The summed E-state index contributed by atoms with van der Waals surface area (Å²) in [5.41, 5.74) is 6.65. The average Bonchev–Trinajstić information content (AvgIpc) is 2.25. The Hall–Kier alpha value is -0.800. The van der Waals surface area contributed by atoms with E-state index < -0.39 is 0 Å². The number of halogens is 1. The Kier molecular flexibility index (Phi) is 5.43. The van der Waals surface area contributed by atoms with Gasteiger partial charge in [-0.2, -0.15) is 0 Å². The van der Waals surface area contributed by atoms with Crippen LogP contribution < -0.4 is 10.5 Å². The summed E-state index contributed by atoms with van der Waals surface area (Å²) < 4.78 is 6.16. The number of rotatable bonds is 5. The molecule has 15 heavy (non-hydrogen) atoms. The van der Waals surface area contributed by atoms with Crippen molar-refractivity contribution in [3.8, 4) is 5.75 Å². The Labute approximate surface area is 99.3 Å². The highest BCUT2D eigenvalue weighted by Gasteiger charge is 1.99. The van der Waals surface area contributed by atoms with Crippen LogP contribution in [-0.4, -0.2) is 13.7 Å². The van der Waals surface area contributed by atoms with Crippen molar-refractivity contribution in [2.24, 2.45) is 5.73 Å². The van der Waals surface area contributed by atoms with E-state index in [0.29, 0.717) is 6.54 Å². The Morgan fingerprint density at radius 2 is 2.20 bits per heavy atom. The molecule has 3 heteroatoms. The largest absolute Gasteiger partial charge is 0.496 e. The molecule has 0 aromatic heterocycles. The maximum Gasteiger partial charge on any atom is 0.133 e. The molecule has 2 nitrogen and oxygen atoms in total. The molecular weight excluding hydrogens is 254 g/mol. The van der Waals surface area contributed by atoms with Crippen molar-refractivity contribution in [3.63, 3.8) is 0 Å². The van der Waals surface area contributed by atoms with Crippen molar-refractivity contribution in [1.29, 1.82) is 0 Å².